The number of hydrogen-bond donors (Lipinski definition) is 2. The average molecular weight is 334 g/mol. The van der Waals surface area contributed by atoms with Crippen molar-refractivity contribution >= 4 is 17.3 Å². The molecular formula is C21H19FN2O. The van der Waals surface area contributed by atoms with Gasteiger partial charge in [0, 0.05) is 18.0 Å². The quantitative estimate of drug-likeness (QED) is 0.672. The number of halogens is 1. The lowest BCUT2D eigenvalue weighted by molar-refractivity contribution is -0.116. The smallest absolute Gasteiger partial charge is 0.225 e. The van der Waals surface area contributed by atoms with Crippen LogP contribution in [0.15, 0.2) is 78.9 Å². The van der Waals surface area contributed by atoms with Crippen molar-refractivity contribution < 1.29 is 9.18 Å². The largest absolute Gasteiger partial charge is 0.396 e. The Morgan fingerprint density at radius 2 is 1.48 bits per heavy atom. The molecule has 0 radical (unpaired) electrons. The minimum Gasteiger partial charge on any atom is -0.396 e. The molecule has 25 heavy (non-hydrogen) atoms. The van der Waals surface area contributed by atoms with Gasteiger partial charge in [-0.25, -0.2) is 4.39 Å². The Kier molecular flexibility index (Phi) is 5.09. The third-order valence-corrected chi connectivity index (χ3v) is 4.08. The van der Waals surface area contributed by atoms with E-state index >= 15 is 0 Å². The summed E-state index contributed by atoms with van der Waals surface area (Å²) < 4.78 is 13.5. The number of carbonyl (C=O) groups is 1. The molecule has 0 fully saturated rings. The summed E-state index contributed by atoms with van der Waals surface area (Å²) in [6.07, 6.45) is 0.264. The van der Waals surface area contributed by atoms with Crippen molar-refractivity contribution in [3.63, 3.8) is 0 Å². The van der Waals surface area contributed by atoms with Crippen LogP contribution in [0.25, 0.3) is 0 Å². The average Bonchev–Trinajstić information content (AvgIpc) is 2.64. The zero-order valence-electron chi connectivity index (χ0n) is 13.7. The highest BCUT2D eigenvalue weighted by Crippen LogP contribution is 2.28. The lowest BCUT2D eigenvalue weighted by atomic mass is 9.88. The first-order valence-electron chi connectivity index (χ1n) is 8.08. The van der Waals surface area contributed by atoms with Crippen LogP contribution in [0.5, 0.6) is 0 Å². The summed E-state index contributed by atoms with van der Waals surface area (Å²) in [6.45, 7) is 0. The fourth-order valence-corrected chi connectivity index (χ4v) is 2.80. The zero-order valence-corrected chi connectivity index (χ0v) is 13.7. The SMILES string of the molecule is Nc1ccc(NC(=O)CC(c2ccccc2)c2ccccc2)cc1F. The summed E-state index contributed by atoms with van der Waals surface area (Å²) in [5, 5.41) is 2.75. The van der Waals surface area contributed by atoms with Gasteiger partial charge in [-0.15, -0.1) is 0 Å². The van der Waals surface area contributed by atoms with E-state index in [1.807, 2.05) is 60.7 Å². The molecule has 126 valence electrons. The Morgan fingerprint density at radius 1 is 0.920 bits per heavy atom. The molecule has 0 unspecified atom stereocenters. The van der Waals surface area contributed by atoms with Crippen molar-refractivity contribution in [3.8, 4) is 0 Å². The third-order valence-electron chi connectivity index (χ3n) is 4.08. The molecule has 0 saturated carbocycles. The van der Waals surface area contributed by atoms with Crippen LogP contribution in [0.4, 0.5) is 15.8 Å². The van der Waals surface area contributed by atoms with Gasteiger partial charge in [-0.2, -0.15) is 0 Å². The minimum atomic E-state index is -0.541. The fourth-order valence-electron chi connectivity index (χ4n) is 2.80. The molecule has 0 aliphatic rings. The van der Waals surface area contributed by atoms with Crippen LogP contribution in [0.3, 0.4) is 0 Å². The standard InChI is InChI=1S/C21H19FN2O/c22-19-13-17(11-12-20(19)23)24-21(25)14-18(15-7-3-1-4-8-15)16-9-5-2-6-10-16/h1-13,18H,14,23H2,(H,24,25). The summed E-state index contributed by atoms with van der Waals surface area (Å²) in [4.78, 5) is 12.5. The molecule has 0 bridgehead atoms. The summed E-state index contributed by atoms with van der Waals surface area (Å²) in [6, 6.07) is 24.0. The number of benzene rings is 3. The van der Waals surface area contributed by atoms with Crippen LogP contribution in [0.2, 0.25) is 0 Å². The Labute approximate surface area is 146 Å². The van der Waals surface area contributed by atoms with Gasteiger partial charge >= 0.3 is 0 Å². The number of nitrogen functional groups attached to an aromatic ring is 1. The first kappa shape index (κ1) is 16.7. The van der Waals surface area contributed by atoms with Gasteiger partial charge in [-0.1, -0.05) is 60.7 Å². The first-order valence-corrected chi connectivity index (χ1v) is 8.08. The van der Waals surface area contributed by atoms with Gasteiger partial charge < -0.3 is 11.1 Å². The topological polar surface area (TPSA) is 55.1 Å². The molecule has 0 spiro atoms. The number of anilines is 2. The lowest BCUT2D eigenvalue weighted by Crippen LogP contribution is -2.16. The monoisotopic (exact) mass is 334 g/mol. The molecular weight excluding hydrogens is 315 g/mol. The number of nitrogens with two attached hydrogens (primary N) is 1. The van der Waals surface area contributed by atoms with E-state index in [1.54, 1.807) is 6.07 Å². The molecule has 3 aromatic rings. The van der Waals surface area contributed by atoms with E-state index in [4.69, 9.17) is 5.73 Å². The van der Waals surface area contributed by atoms with Gasteiger partial charge in [0.2, 0.25) is 5.91 Å². The molecule has 0 aliphatic carbocycles. The summed E-state index contributed by atoms with van der Waals surface area (Å²) in [5.74, 6) is -0.789. The molecule has 0 aliphatic heterocycles. The first-order chi connectivity index (χ1) is 12.1. The number of nitrogens with one attached hydrogen (secondary N) is 1. The third kappa shape index (κ3) is 4.23. The van der Waals surface area contributed by atoms with E-state index in [2.05, 4.69) is 5.32 Å². The molecule has 3 aromatic carbocycles. The maximum absolute atomic E-state index is 13.5. The highest BCUT2D eigenvalue weighted by atomic mass is 19.1. The van der Waals surface area contributed by atoms with E-state index in [0.717, 1.165) is 11.1 Å². The number of hydrogen-bond acceptors (Lipinski definition) is 2. The van der Waals surface area contributed by atoms with Crippen molar-refractivity contribution in [2.24, 2.45) is 0 Å². The fraction of sp³-hybridized carbons (Fsp3) is 0.0952. The highest BCUT2D eigenvalue weighted by molar-refractivity contribution is 5.91. The molecule has 0 aromatic heterocycles. The zero-order chi connectivity index (χ0) is 17.6. The molecule has 3 N–H and O–H groups in total. The Bertz CT molecular complexity index is 811. The predicted molar refractivity (Wildman–Crippen MR) is 98.8 cm³/mol. The highest BCUT2D eigenvalue weighted by Gasteiger charge is 2.18. The van der Waals surface area contributed by atoms with Crippen LogP contribution >= 0.6 is 0 Å². The van der Waals surface area contributed by atoms with Gasteiger partial charge in [0.15, 0.2) is 0 Å². The normalized spacial score (nSPS) is 10.6. The van der Waals surface area contributed by atoms with Gasteiger partial charge in [0.1, 0.15) is 5.82 Å². The number of amides is 1. The molecule has 1 amide bonds. The maximum atomic E-state index is 13.5. The van der Waals surface area contributed by atoms with E-state index in [1.165, 1.54) is 12.1 Å². The molecule has 0 atom stereocenters. The Hall–Kier alpha value is -3.14. The van der Waals surface area contributed by atoms with E-state index < -0.39 is 5.82 Å². The van der Waals surface area contributed by atoms with Gasteiger partial charge in [0.05, 0.1) is 5.69 Å². The second-order valence-electron chi connectivity index (χ2n) is 5.86. The minimum absolute atomic E-state index is 0.0597. The Balaban J connectivity index is 1.80. The van der Waals surface area contributed by atoms with Crippen molar-refractivity contribution in [2.45, 2.75) is 12.3 Å². The van der Waals surface area contributed by atoms with Crippen molar-refractivity contribution in [1.82, 2.24) is 0 Å². The van der Waals surface area contributed by atoms with Crippen LogP contribution in [-0.2, 0) is 4.79 Å². The predicted octanol–water partition coefficient (Wildman–Crippen LogP) is 4.57. The van der Waals surface area contributed by atoms with E-state index in [-0.39, 0.29) is 23.9 Å². The molecule has 4 heteroatoms. The van der Waals surface area contributed by atoms with Gasteiger partial charge in [-0.05, 0) is 29.3 Å². The molecule has 3 nitrogen and oxygen atoms in total. The van der Waals surface area contributed by atoms with E-state index in [0.29, 0.717) is 5.69 Å². The summed E-state index contributed by atoms with van der Waals surface area (Å²) in [7, 11) is 0. The maximum Gasteiger partial charge on any atom is 0.225 e. The summed E-state index contributed by atoms with van der Waals surface area (Å²) in [5.41, 5.74) is 8.05. The van der Waals surface area contributed by atoms with Crippen LogP contribution < -0.4 is 11.1 Å². The van der Waals surface area contributed by atoms with Crippen molar-refractivity contribution in [2.75, 3.05) is 11.1 Å². The molecule has 0 saturated heterocycles. The van der Waals surface area contributed by atoms with Crippen molar-refractivity contribution in [3.05, 3.63) is 95.8 Å². The van der Waals surface area contributed by atoms with Gasteiger partial charge in [-0.3, -0.25) is 4.79 Å². The second kappa shape index (κ2) is 7.62. The second-order valence-corrected chi connectivity index (χ2v) is 5.86. The summed E-state index contributed by atoms with van der Waals surface area (Å²) >= 11 is 0. The number of carbonyl (C=O) groups excluding carboxylic acids is 1. The van der Waals surface area contributed by atoms with Gasteiger partial charge in [0.25, 0.3) is 0 Å². The lowest BCUT2D eigenvalue weighted by Gasteiger charge is -2.18. The van der Waals surface area contributed by atoms with Crippen molar-refractivity contribution in [1.29, 1.82) is 0 Å². The Morgan fingerprint density at radius 3 is 2.00 bits per heavy atom. The van der Waals surface area contributed by atoms with Crippen LogP contribution in [0.1, 0.15) is 23.5 Å². The number of rotatable bonds is 5. The molecule has 0 heterocycles. The van der Waals surface area contributed by atoms with E-state index in [9.17, 15) is 9.18 Å². The molecule has 3 rings (SSSR count). The van der Waals surface area contributed by atoms with Crippen LogP contribution in [-0.4, -0.2) is 5.91 Å². The van der Waals surface area contributed by atoms with Crippen LogP contribution in [0, 0.1) is 5.82 Å².